The summed E-state index contributed by atoms with van der Waals surface area (Å²) in [4.78, 5) is 21.8. The van der Waals surface area contributed by atoms with Crippen molar-refractivity contribution in [1.29, 1.82) is 0 Å². The largest absolute Gasteiger partial charge is 0.298 e. The Morgan fingerprint density at radius 3 is 1.93 bits per heavy atom. The number of rotatable bonds is 5. The molecule has 4 aromatic rings. The molecule has 0 bridgehead atoms. The first-order valence-corrected chi connectivity index (χ1v) is 12.1. The van der Waals surface area contributed by atoms with Crippen LogP contribution in [-0.4, -0.2) is 27.8 Å². The van der Waals surface area contributed by atoms with Gasteiger partial charge in [-0.2, -0.15) is 0 Å². The average Bonchev–Trinajstić information content (AvgIpc) is 2.75. The highest BCUT2D eigenvalue weighted by atomic mass is 79.9. The first-order valence-electron chi connectivity index (χ1n) is 9.30. The molecule has 0 saturated heterocycles. The van der Waals surface area contributed by atoms with Gasteiger partial charge in [0.1, 0.15) is 6.29 Å². The first-order chi connectivity index (χ1) is 14.2. The Balaban J connectivity index is 0.000000166. The molecule has 0 aliphatic carbocycles. The zero-order chi connectivity index (χ0) is 20.6. The summed E-state index contributed by atoms with van der Waals surface area (Å²) in [6.07, 6.45) is 4.54. The van der Waals surface area contributed by atoms with E-state index in [0.29, 0.717) is 5.56 Å². The molecule has 0 radical (unpaired) electrons. The van der Waals surface area contributed by atoms with Crippen molar-refractivity contribution in [3.05, 3.63) is 71.0 Å². The molecule has 2 aromatic carbocycles. The van der Waals surface area contributed by atoms with E-state index >= 15 is 0 Å². The van der Waals surface area contributed by atoms with Gasteiger partial charge in [-0.1, -0.05) is 29.8 Å². The highest BCUT2D eigenvalue weighted by Gasteiger charge is 2.03. The maximum Gasteiger partial charge on any atom is 0.150 e. The summed E-state index contributed by atoms with van der Waals surface area (Å²) in [5.74, 6) is 2.11. The van der Waals surface area contributed by atoms with E-state index in [1.54, 1.807) is 24.0 Å². The molecule has 0 saturated carbocycles. The summed E-state index contributed by atoms with van der Waals surface area (Å²) in [5.41, 5.74) is 2.71. The Labute approximate surface area is 187 Å². The lowest BCUT2D eigenvalue weighted by atomic mass is 10.1. The molecule has 0 aliphatic rings. The standard InChI is InChI=1S/C12H11NOS.C11H10BrNS/c1-2-15-12-5-6-13-11-4-3-9(8-14)7-10(11)12;1-2-14-11-5-6-13-10-4-3-8(12)7-9(10)11/h3-8H,2H2,1H3;3-7H,2H2,1H3. The molecular weight excluding hydrogens is 464 g/mol. The fourth-order valence-corrected chi connectivity index (χ4v) is 4.80. The van der Waals surface area contributed by atoms with E-state index in [0.717, 1.165) is 38.7 Å². The average molecular weight is 485 g/mol. The van der Waals surface area contributed by atoms with E-state index in [9.17, 15) is 4.79 Å². The van der Waals surface area contributed by atoms with Crippen molar-refractivity contribution in [3.8, 4) is 0 Å². The van der Waals surface area contributed by atoms with Crippen LogP contribution in [-0.2, 0) is 0 Å². The second-order valence-electron chi connectivity index (χ2n) is 6.04. The molecule has 0 aliphatic heterocycles. The monoisotopic (exact) mass is 484 g/mol. The Morgan fingerprint density at radius 1 is 0.828 bits per heavy atom. The van der Waals surface area contributed by atoms with Gasteiger partial charge in [0.2, 0.25) is 0 Å². The SMILES string of the molecule is CCSc1ccnc2ccc(Br)cc12.CCSc1ccnc2ccc(C=O)cc12. The van der Waals surface area contributed by atoms with Crippen LogP contribution < -0.4 is 0 Å². The number of aromatic nitrogens is 2. The van der Waals surface area contributed by atoms with Crippen molar-refractivity contribution in [1.82, 2.24) is 9.97 Å². The molecule has 0 amide bonds. The zero-order valence-electron chi connectivity index (χ0n) is 16.3. The Morgan fingerprint density at radius 2 is 1.38 bits per heavy atom. The summed E-state index contributed by atoms with van der Waals surface area (Å²) in [6.45, 7) is 4.27. The number of hydrogen-bond acceptors (Lipinski definition) is 5. The molecule has 0 atom stereocenters. The molecule has 2 aromatic heterocycles. The Bertz CT molecular complexity index is 1130. The number of nitrogens with zero attached hydrogens (tertiary/aromatic N) is 2. The number of hydrogen-bond donors (Lipinski definition) is 0. The second-order valence-corrected chi connectivity index (χ2v) is 9.57. The second kappa shape index (κ2) is 10.8. The predicted octanol–water partition coefficient (Wildman–Crippen LogP) is 7.27. The van der Waals surface area contributed by atoms with Crippen LogP contribution in [0.3, 0.4) is 0 Å². The molecule has 29 heavy (non-hydrogen) atoms. The van der Waals surface area contributed by atoms with Crippen LogP contribution in [0.5, 0.6) is 0 Å². The lowest BCUT2D eigenvalue weighted by molar-refractivity contribution is 0.112. The summed E-state index contributed by atoms with van der Waals surface area (Å²) >= 11 is 7.10. The zero-order valence-corrected chi connectivity index (χ0v) is 19.5. The third kappa shape index (κ3) is 5.59. The molecular formula is C23H21BrN2OS2. The molecule has 0 unspecified atom stereocenters. The van der Waals surface area contributed by atoms with Crippen molar-refractivity contribution in [2.75, 3.05) is 11.5 Å². The highest BCUT2D eigenvalue weighted by Crippen LogP contribution is 2.28. The van der Waals surface area contributed by atoms with E-state index in [1.165, 1.54) is 15.2 Å². The Hall–Kier alpha value is -1.89. The molecule has 2 heterocycles. The number of fused-ring (bicyclic) bond motifs is 2. The van der Waals surface area contributed by atoms with Crippen LogP contribution in [0, 0.1) is 0 Å². The van der Waals surface area contributed by atoms with E-state index < -0.39 is 0 Å². The van der Waals surface area contributed by atoms with Gasteiger partial charge >= 0.3 is 0 Å². The van der Waals surface area contributed by atoms with Gasteiger partial charge in [0.05, 0.1) is 11.0 Å². The van der Waals surface area contributed by atoms with Crippen LogP contribution in [0.15, 0.2) is 75.2 Å². The van der Waals surface area contributed by atoms with Gasteiger partial charge in [-0.05, 0) is 60.0 Å². The molecule has 4 rings (SSSR count). The van der Waals surface area contributed by atoms with Crippen LogP contribution in [0.25, 0.3) is 21.8 Å². The molecule has 6 heteroatoms. The normalized spacial score (nSPS) is 10.6. The fraction of sp³-hybridized carbons (Fsp3) is 0.174. The van der Waals surface area contributed by atoms with Crippen molar-refractivity contribution in [3.63, 3.8) is 0 Å². The maximum atomic E-state index is 10.7. The van der Waals surface area contributed by atoms with E-state index in [1.807, 2.05) is 48.3 Å². The van der Waals surface area contributed by atoms with Crippen molar-refractivity contribution in [2.24, 2.45) is 0 Å². The smallest absolute Gasteiger partial charge is 0.150 e. The lowest BCUT2D eigenvalue weighted by Crippen LogP contribution is -1.85. The molecule has 0 spiro atoms. The number of carbonyl (C=O) groups is 1. The van der Waals surface area contributed by atoms with E-state index in [-0.39, 0.29) is 0 Å². The Kier molecular flexibility index (Phi) is 8.09. The minimum absolute atomic E-state index is 0.702. The molecule has 3 nitrogen and oxygen atoms in total. The minimum atomic E-state index is 0.702. The number of carbonyl (C=O) groups excluding carboxylic acids is 1. The summed E-state index contributed by atoms with van der Waals surface area (Å²) in [6, 6.07) is 15.8. The third-order valence-corrected chi connectivity index (χ3v) is 6.53. The summed E-state index contributed by atoms with van der Waals surface area (Å²) in [5, 5.41) is 2.29. The van der Waals surface area contributed by atoms with Gasteiger partial charge in [-0.15, -0.1) is 23.5 Å². The molecule has 0 N–H and O–H groups in total. The maximum absolute atomic E-state index is 10.7. The van der Waals surface area contributed by atoms with Crippen molar-refractivity contribution >= 4 is 67.5 Å². The topological polar surface area (TPSA) is 42.9 Å². The number of pyridine rings is 2. The van der Waals surface area contributed by atoms with Crippen LogP contribution in [0.4, 0.5) is 0 Å². The van der Waals surface area contributed by atoms with Crippen molar-refractivity contribution in [2.45, 2.75) is 23.6 Å². The van der Waals surface area contributed by atoms with Gasteiger partial charge in [0, 0.05) is 43.0 Å². The van der Waals surface area contributed by atoms with Gasteiger partial charge < -0.3 is 0 Å². The van der Waals surface area contributed by atoms with Gasteiger partial charge in [0.25, 0.3) is 0 Å². The minimum Gasteiger partial charge on any atom is -0.298 e. The van der Waals surface area contributed by atoms with Gasteiger partial charge in [0.15, 0.2) is 0 Å². The van der Waals surface area contributed by atoms with Crippen molar-refractivity contribution < 1.29 is 4.79 Å². The van der Waals surface area contributed by atoms with Gasteiger partial charge in [-0.3, -0.25) is 14.8 Å². The quantitative estimate of drug-likeness (QED) is 0.220. The number of halogens is 1. The molecule has 148 valence electrons. The molecule has 0 fully saturated rings. The van der Waals surface area contributed by atoms with Crippen LogP contribution in [0.2, 0.25) is 0 Å². The third-order valence-electron chi connectivity index (χ3n) is 4.12. The number of benzene rings is 2. The first kappa shape index (κ1) is 21.8. The van der Waals surface area contributed by atoms with E-state index in [4.69, 9.17) is 0 Å². The lowest BCUT2D eigenvalue weighted by Gasteiger charge is -2.04. The number of aldehydes is 1. The van der Waals surface area contributed by atoms with Crippen LogP contribution in [0.1, 0.15) is 24.2 Å². The summed E-state index contributed by atoms with van der Waals surface area (Å²) in [7, 11) is 0. The fourth-order valence-electron chi connectivity index (χ4n) is 2.87. The van der Waals surface area contributed by atoms with Crippen LogP contribution >= 0.6 is 39.5 Å². The van der Waals surface area contributed by atoms with Gasteiger partial charge in [-0.25, -0.2) is 0 Å². The highest BCUT2D eigenvalue weighted by molar-refractivity contribution is 9.10. The van der Waals surface area contributed by atoms with E-state index in [2.05, 4.69) is 51.9 Å². The predicted molar refractivity (Wildman–Crippen MR) is 129 cm³/mol. The number of thioether (sulfide) groups is 2. The summed E-state index contributed by atoms with van der Waals surface area (Å²) < 4.78 is 1.11.